The first-order valence-electron chi connectivity index (χ1n) is 8.41. The third kappa shape index (κ3) is 5.42. The SMILES string of the molecule is CCOCCN1CCN(CCc2ccccc2)C[C@@H]1CC. The minimum Gasteiger partial charge on any atom is -0.380 e. The highest BCUT2D eigenvalue weighted by molar-refractivity contribution is 5.14. The van der Waals surface area contributed by atoms with Crippen molar-refractivity contribution in [3.05, 3.63) is 35.9 Å². The Hall–Kier alpha value is -0.900. The molecule has 1 fully saturated rings. The zero-order chi connectivity index (χ0) is 14.9. The minimum atomic E-state index is 0.690. The molecule has 0 unspecified atom stereocenters. The molecule has 1 atom stereocenters. The van der Waals surface area contributed by atoms with Crippen molar-refractivity contribution in [2.24, 2.45) is 0 Å². The van der Waals surface area contributed by atoms with Crippen LogP contribution < -0.4 is 0 Å². The summed E-state index contributed by atoms with van der Waals surface area (Å²) >= 11 is 0. The maximum Gasteiger partial charge on any atom is 0.0593 e. The van der Waals surface area contributed by atoms with Crippen LogP contribution in [0.2, 0.25) is 0 Å². The number of piperazine rings is 1. The molecule has 1 saturated heterocycles. The van der Waals surface area contributed by atoms with Gasteiger partial charge in [0.1, 0.15) is 0 Å². The van der Waals surface area contributed by atoms with Crippen molar-refractivity contribution in [3.8, 4) is 0 Å². The van der Waals surface area contributed by atoms with Gasteiger partial charge in [-0.1, -0.05) is 37.3 Å². The summed E-state index contributed by atoms with van der Waals surface area (Å²) in [7, 11) is 0. The second kappa shape index (κ2) is 9.19. The molecular formula is C18H30N2O. The molecule has 118 valence electrons. The molecule has 0 radical (unpaired) electrons. The molecule has 0 bridgehead atoms. The summed E-state index contributed by atoms with van der Waals surface area (Å²) < 4.78 is 5.51. The van der Waals surface area contributed by atoms with Crippen molar-refractivity contribution < 1.29 is 4.74 Å². The maximum absolute atomic E-state index is 5.51. The lowest BCUT2D eigenvalue weighted by atomic mass is 10.1. The van der Waals surface area contributed by atoms with Crippen molar-refractivity contribution in [1.29, 1.82) is 0 Å². The third-order valence-electron chi connectivity index (χ3n) is 4.45. The fraction of sp³-hybridized carbons (Fsp3) is 0.667. The molecule has 0 aliphatic carbocycles. The van der Waals surface area contributed by atoms with Gasteiger partial charge in [-0.2, -0.15) is 0 Å². The molecule has 0 N–H and O–H groups in total. The Morgan fingerprint density at radius 1 is 1.10 bits per heavy atom. The summed E-state index contributed by atoms with van der Waals surface area (Å²) in [4.78, 5) is 5.23. The van der Waals surface area contributed by atoms with Gasteiger partial charge in [-0.3, -0.25) is 4.90 Å². The van der Waals surface area contributed by atoms with Crippen LogP contribution in [-0.2, 0) is 11.2 Å². The zero-order valence-electron chi connectivity index (χ0n) is 13.6. The van der Waals surface area contributed by atoms with Crippen molar-refractivity contribution in [1.82, 2.24) is 9.80 Å². The predicted molar refractivity (Wildman–Crippen MR) is 88.7 cm³/mol. The molecule has 1 aliphatic rings. The van der Waals surface area contributed by atoms with Gasteiger partial charge >= 0.3 is 0 Å². The van der Waals surface area contributed by atoms with Crippen molar-refractivity contribution in [2.75, 3.05) is 45.9 Å². The van der Waals surface area contributed by atoms with E-state index in [0.29, 0.717) is 6.04 Å². The van der Waals surface area contributed by atoms with Gasteiger partial charge in [-0.15, -0.1) is 0 Å². The molecule has 1 aromatic rings. The minimum absolute atomic E-state index is 0.690. The normalized spacial score (nSPS) is 20.8. The Morgan fingerprint density at radius 3 is 2.62 bits per heavy atom. The van der Waals surface area contributed by atoms with Crippen LogP contribution in [0.4, 0.5) is 0 Å². The third-order valence-corrected chi connectivity index (χ3v) is 4.45. The van der Waals surface area contributed by atoms with Crippen LogP contribution in [0.5, 0.6) is 0 Å². The van der Waals surface area contributed by atoms with E-state index in [1.807, 2.05) is 0 Å². The van der Waals surface area contributed by atoms with Gasteiger partial charge in [0, 0.05) is 45.4 Å². The molecule has 21 heavy (non-hydrogen) atoms. The molecule has 0 saturated carbocycles. The van der Waals surface area contributed by atoms with Gasteiger partial charge in [-0.25, -0.2) is 0 Å². The van der Waals surface area contributed by atoms with Gasteiger partial charge in [-0.05, 0) is 25.3 Å². The highest BCUT2D eigenvalue weighted by Crippen LogP contribution is 2.13. The highest BCUT2D eigenvalue weighted by atomic mass is 16.5. The molecule has 0 amide bonds. The number of hydrogen-bond donors (Lipinski definition) is 0. The van der Waals surface area contributed by atoms with Crippen LogP contribution >= 0.6 is 0 Å². The Balaban J connectivity index is 1.75. The monoisotopic (exact) mass is 290 g/mol. The summed E-state index contributed by atoms with van der Waals surface area (Å²) in [6, 6.07) is 11.5. The van der Waals surface area contributed by atoms with Crippen LogP contribution in [0.15, 0.2) is 30.3 Å². The largest absolute Gasteiger partial charge is 0.380 e. The Morgan fingerprint density at radius 2 is 1.90 bits per heavy atom. The van der Waals surface area contributed by atoms with Gasteiger partial charge in [0.15, 0.2) is 0 Å². The molecular weight excluding hydrogens is 260 g/mol. The number of benzene rings is 1. The van der Waals surface area contributed by atoms with Crippen molar-refractivity contribution in [3.63, 3.8) is 0 Å². The average Bonchev–Trinajstić information content (AvgIpc) is 2.55. The van der Waals surface area contributed by atoms with E-state index in [-0.39, 0.29) is 0 Å². The quantitative estimate of drug-likeness (QED) is 0.685. The van der Waals surface area contributed by atoms with Crippen LogP contribution in [0, 0.1) is 0 Å². The Kier molecular flexibility index (Phi) is 7.20. The smallest absolute Gasteiger partial charge is 0.0593 e. The molecule has 1 aromatic carbocycles. The number of nitrogens with zero attached hydrogens (tertiary/aromatic N) is 2. The lowest BCUT2D eigenvalue weighted by Gasteiger charge is -2.41. The number of ether oxygens (including phenoxy) is 1. The Labute approximate surface area is 129 Å². The molecule has 3 heteroatoms. The van der Waals surface area contributed by atoms with Gasteiger partial charge in [0.05, 0.1) is 6.61 Å². The summed E-state index contributed by atoms with van der Waals surface area (Å²) in [6.45, 7) is 11.9. The number of hydrogen-bond acceptors (Lipinski definition) is 3. The summed E-state index contributed by atoms with van der Waals surface area (Å²) in [5.41, 5.74) is 1.45. The van der Waals surface area contributed by atoms with E-state index in [1.165, 1.54) is 38.2 Å². The van der Waals surface area contributed by atoms with E-state index in [9.17, 15) is 0 Å². The topological polar surface area (TPSA) is 15.7 Å². The first-order valence-corrected chi connectivity index (χ1v) is 8.41. The zero-order valence-corrected chi connectivity index (χ0v) is 13.6. The molecule has 1 aliphatic heterocycles. The van der Waals surface area contributed by atoms with Gasteiger partial charge < -0.3 is 9.64 Å². The summed E-state index contributed by atoms with van der Waals surface area (Å²) in [5, 5.41) is 0. The second-order valence-electron chi connectivity index (χ2n) is 5.83. The fourth-order valence-electron chi connectivity index (χ4n) is 3.10. The molecule has 3 nitrogen and oxygen atoms in total. The molecule has 2 rings (SSSR count). The van der Waals surface area contributed by atoms with Crippen LogP contribution in [-0.4, -0.2) is 61.8 Å². The van der Waals surface area contributed by atoms with Crippen molar-refractivity contribution in [2.45, 2.75) is 32.7 Å². The maximum atomic E-state index is 5.51. The Bertz CT molecular complexity index is 382. The van der Waals surface area contributed by atoms with E-state index in [2.05, 4.69) is 54.0 Å². The van der Waals surface area contributed by atoms with Crippen LogP contribution in [0.1, 0.15) is 25.8 Å². The molecule has 0 spiro atoms. The second-order valence-corrected chi connectivity index (χ2v) is 5.83. The van der Waals surface area contributed by atoms with E-state index < -0.39 is 0 Å². The van der Waals surface area contributed by atoms with Crippen LogP contribution in [0.3, 0.4) is 0 Å². The predicted octanol–water partition coefficient (Wildman–Crippen LogP) is 2.66. The summed E-state index contributed by atoms with van der Waals surface area (Å²) in [6.07, 6.45) is 2.39. The molecule has 0 aromatic heterocycles. The van der Waals surface area contributed by atoms with E-state index in [1.54, 1.807) is 0 Å². The van der Waals surface area contributed by atoms with E-state index in [0.717, 1.165) is 26.2 Å². The first kappa shape index (κ1) is 16.5. The van der Waals surface area contributed by atoms with Crippen molar-refractivity contribution >= 4 is 0 Å². The fourth-order valence-corrected chi connectivity index (χ4v) is 3.10. The average molecular weight is 290 g/mol. The standard InChI is InChI=1S/C18H30N2O/c1-3-18-16-19(11-10-17-8-6-5-7-9-17)12-13-20(18)14-15-21-4-2/h5-9,18H,3-4,10-16H2,1-2H3/t18-/m0/s1. The van der Waals surface area contributed by atoms with Gasteiger partial charge in [0.2, 0.25) is 0 Å². The van der Waals surface area contributed by atoms with Crippen LogP contribution in [0.25, 0.3) is 0 Å². The lowest BCUT2D eigenvalue weighted by Crippen LogP contribution is -2.53. The van der Waals surface area contributed by atoms with Gasteiger partial charge in [0.25, 0.3) is 0 Å². The van der Waals surface area contributed by atoms with E-state index in [4.69, 9.17) is 4.74 Å². The lowest BCUT2D eigenvalue weighted by molar-refractivity contribution is 0.0417. The summed E-state index contributed by atoms with van der Waals surface area (Å²) in [5.74, 6) is 0. The first-order chi connectivity index (χ1) is 10.3. The number of rotatable bonds is 8. The van der Waals surface area contributed by atoms with E-state index >= 15 is 0 Å². The molecule has 1 heterocycles. The highest BCUT2D eigenvalue weighted by Gasteiger charge is 2.24.